The van der Waals surface area contributed by atoms with Crippen LogP contribution < -0.4 is 17.7 Å². The maximum absolute atomic E-state index is 10.6. The van der Waals surface area contributed by atoms with Crippen molar-refractivity contribution in [2.75, 3.05) is 6.61 Å². The Balaban J connectivity index is 0.00000128. The first-order valence-electron chi connectivity index (χ1n) is 4.91. The van der Waals surface area contributed by atoms with Gasteiger partial charge in [-0.25, -0.2) is 0 Å². The van der Waals surface area contributed by atoms with E-state index in [1.807, 2.05) is 5.32 Å². The number of nitro benzene ring substituents is 1. The van der Waals surface area contributed by atoms with Gasteiger partial charge in [-0.2, -0.15) is 0 Å². The summed E-state index contributed by atoms with van der Waals surface area (Å²) in [6, 6.07) is 5.14. The third-order valence-corrected chi connectivity index (χ3v) is 2.79. The number of nitrogens with zero attached hydrogens (tertiary/aromatic N) is 1. The van der Waals surface area contributed by atoms with Crippen molar-refractivity contribution in [2.24, 2.45) is 0 Å². The van der Waals surface area contributed by atoms with E-state index in [1.165, 1.54) is 6.07 Å². The molecule has 0 spiro atoms. The predicted octanol–water partition coefficient (Wildman–Crippen LogP) is -3.42. The normalized spacial score (nSPS) is 18.4. The summed E-state index contributed by atoms with van der Waals surface area (Å²) in [4.78, 5) is 10.2. The Hall–Kier alpha value is -1.17. The molecule has 1 heterocycles. The summed E-state index contributed by atoms with van der Waals surface area (Å²) in [6.45, 7) is 0.860. The summed E-state index contributed by atoms with van der Waals surface area (Å²) >= 11 is 0. The maximum atomic E-state index is 10.6. The number of nitro groups is 1. The minimum Gasteiger partial charge on any atom is -1.00 e. The highest BCUT2D eigenvalue weighted by Crippen LogP contribution is 2.19. The van der Waals surface area contributed by atoms with Crippen molar-refractivity contribution in [1.29, 1.82) is 0 Å². The Morgan fingerprint density at radius 1 is 1.50 bits per heavy atom. The molecule has 2 rings (SSSR count). The van der Waals surface area contributed by atoms with Gasteiger partial charge in [0.2, 0.25) is 0 Å². The van der Waals surface area contributed by atoms with Gasteiger partial charge in [0, 0.05) is 24.1 Å². The van der Waals surface area contributed by atoms with E-state index in [1.54, 1.807) is 12.1 Å². The van der Waals surface area contributed by atoms with Crippen LogP contribution in [-0.2, 0) is 13.0 Å². The van der Waals surface area contributed by atoms with Crippen LogP contribution in [0.4, 0.5) is 5.69 Å². The lowest BCUT2D eigenvalue weighted by Gasteiger charge is -2.20. The van der Waals surface area contributed by atoms with Crippen molar-refractivity contribution in [3.8, 4) is 0 Å². The van der Waals surface area contributed by atoms with Crippen LogP contribution in [0.15, 0.2) is 18.2 Å². The number of benzene rings is 1. The molecule has 1 aromatic carbocycles. The molecule has 0 aliphatic carbocycles. The molecule has 1 aliphatic rings. The van der Waals surface area contributed by atoms with Crippen LogP contribution in [0.2, 0.25) is 0 Å². The quantitative estimate of drug-likeness (QED) is 0.420. The van der Waals surface area contributed by atoms with E-state index < -0.39 is 0 Å². The Bertz CT molecular complexity index is 398. The van der Waals surface area contributed by atoms with Crippen molar-refractivity contribution in [2.45, 2.75) is 19.0 Å². The molecule has 6 heteroatoms. The summed E-state index contributed by atoms with van der Waals surface area (Å²) < 4.78 is 0. The minimum atomic E-state index is -0.377. The molecule has 0 fully saturated rings. The Kier molecular flexibility index (Phi) is 4.23. The number of hydrogen-bond donors (Lipinski definition) is 2. The molecule has 5 nitrogen and oxygen atoms in total. The Morgan fingerprint density at radius 3 is 2.88 bits per heavy atom. The Morgan fingerprint density at radius 2 is 2.25 bits per heavy atom. The van der Waals surface area contributed by atoms with Gasteiger partial charge in [-0.05, 0) is 5.56 Å². The van der Waals surface area contributed by atoms with Gasteiger partial charge in [-0.3, -0.25) is 10.1 Å². The molecular formula is C10H13ClN2O3. The number of nitrogens with two attached hydrogens (primary N) is 1. The number of halogens is 1. The van der Waals surface area contributed by atoms with E-state index in [-0.39, 0.29) is 35.7 Å². The zero-order chi connectivity index (χ0) is 10.8. The lowest BCUT2D eigenvalue weighted by molar-refractivity contribution is -0.709. The highest BCUT2D eigenvalue weighted by Gasteiger charge is 2.22. The molecule has 1 aromatic rings. The number of rotatable bonds is 2. The smallest absolute Gasteiger partial charge is 0.269 e. The molecule has 16 heavy (non-hydrogen) atoms. The molecule has 0 amide bonds. The van der Waals surface area contributed by atoms with Gasteiger partial charge in [-0.15, -0.1) is 0 Å². The van der Waals surface area contributed by atoms with Crippen molar-refractivity contribution >= 4 is 5.69 Å². The summed E-state index contributed by atoms with van der Waals surface area (Å²) in [5, 5.41) is 21.6. The molecule has 3 N–H and O–H groups in total. The van der Waals surface area contributed by atoms with Crippen LogP contribution >= 0.6 is 0 Å². The van der Waals surface area contributed by atoms with Crippen molar-refractivity contribution in [3.63, 3.8) is 0 Å². The molecule has 88 valence electrons. The molecular weight excluding hydrogens is 232 g/mol. The first-order valence-corrected chi connectivity index (χ1v) is 4.91. The maximum Gasteiger partial charge on any atom is 0.269 e. The average molecular weight is 245 g/mol. The fraction of sp³-hybridized carbons (Fsp3) is 0.400. The van der Waals surface area contributed by atoms with Gasteiger partial charge < -0.3 is 22.8 Å². The number of hydrogen-bond acceptors (Lipinski definition) is 3. The van der Waals surface area contributed by atoms with E-state index in [2.05, 4.69) is 0 Å². The molecule has 0 aromatic heterocycles. The molecule has 0 unspecified atom stereocenters. The van der Waals surface area contributed by atoms with Gasteiger partial charge in [0.05, 0.1) is 11.5 Å². The fourth-order valence-electron chi connectivity index (χ4n) is 1.91. The molecule has 0 radical (unpaired) electrons. The fourth-order valence-corrected chi connectivity index (χ4v) is 1.91. The zero-order valence-electron chi connectivity index (χ0n) is 8.60. The zero-order valence-corrected chi connectivity index (χ0v) is 9.35. The summed E-state index contributed by atoms with van der Waals surface area (Å²) in [5.74, 6) is 0. The standard InChI is InChI=1S/C10H12N2O3.ClH/c13-6-9-3-7-1-2-10(12(14)15)4-8(7)5-11-9;/h1-2,4,9,11,13H,3,5-6H2;1H/t9-;/m1./s1. The second kappa shape index (κ2) is 5.25. The predicted molar refractivity (Wildman–Crippen MR) is 53.3 cm³/mol. The monoisotopic (exact) mass is 244 g/mol. The first-order chi connectivity index (χ1) is 7.20. The topological polar surface area (TPSA) is 80.0 Å². The molecule has 0 saturated heterocycles. The summed E-state index contributed by atoms with van der Waals surface area (Å²) in [5.41, 5.74) is 2.26. The van der Waals surface area contributed by atoms with E-state index in [0.717, 1.165) is 17.5 Å². The van der Waals surface area contributed by atoms with Crippen LogP contribution in [0.5, 0.6) is 0 Å². The van der Waals surface area contributed by atoms with Gasteiger partial charge in [0.15, 0.2) is 0 Å². The SMILES string of the molecule is O=[N+]([O-])c1ccc2c(c1)C[NH2+][C@@H](CO)C2.[Cl-]. The van der Waals surface area contributed by atoms with E-state index in [9.17, 15) is 10.1 Å². The van der Waals surface area contributed by atoms with Gasteiger partial charge in [0.1, 0.15) is 12.6 Å². The Labute approximate surface area is 99.0 Å². The number of aliphatic hydroxyl groups is 1. The molecule has 1 atom stereocenters. The average Bonchev–Trinajstić information content (AvgIpc) is 2.27. The third kappa shape index (κ3) is 2.49. The van der Waals surface area contributed by atoms with Crippen LogP contribution in [0, 0.1) is 10.1 Å². The minimum absolute atomic E-state index is 0. The van der Waals surface area contributed by atoms with E-state index in [0.29, 0.717) is 6.54 Å². The van der Waals surface area contributed by atoms with Gasteiger partial charge >= 0.3 is 0 Å². The van der Waals surface area contributed by atoms with Crippen molar-refractivity contribution in [3.05, 3.63) is 39.4 Å². The number of aliphatic hydroxyl groups excluding tert-OH is 1. The second-order valence-electron chi connectivity index (χ2n) is 3.80. The van der Waals surface area contributed by atoms with Crippen LogP contribution in [-0.4, -0.2) is 22.7 Å². The highest BCUT2D eigenvalue weighted by atomic mass is 35.5. The van der Waals surface area contributed by atoms with Gasteiger partial charge in [0.25, 0.3) is 5.69 Å². The van der Waals surface area contributed by atoms with Crippen LogP contribution in [0.1, 0.15) is 11.1 Å². The number of quaternary nitrogens is 1. The van der Waals surface area contributed by atoms with Crippen LogP contribution in [0.3, 0.4) is 0 Å². The summed E-state index contributed by atoms with van der Waals surface area (Å²) in [7, 11) is 0. The molecule has 0 bridgehead atoms. The molecule has 0 saturated carbocycles. The second-order valence-corrected chi connectivity index (χ2v) is 3.80. The van der Waals surface area contributed by atoms with E-state index >= 15 is 0 Å². The lowest BCUT2D eigenvalue weighted by atomic mass is 9.96. The largest absolute Gasteiger partial charge is 1.00 e. The highest BCUT2D eigenvalue weighted by molar-refractivity contribution is 5.40. The summed E-state index contributed by atoms with van der Waals surface area (Å²) in [6.07, 6.45) is 0.782. The number of fused-ring (bicyclic) bond motifs is 1. The van der Waals surface area contributed by atoms with Crippen molar-refractivity contribution in [1.82, 2.24) is 0 Å². The van der Waals surface area contributed by atoms with Crippen molar-refractivity contribution < 1.29 is 27.8 Å². The van der Waals surface area contributed by atoms with E-state index in [4.69, 9.17) is 5.11 Å². The number of non-ortho nitro benzene ring substituents is 1. The van der Waals surface area contributed by atoms with Crippen LogP contribution in [0.25, 0.3) is 0 Å². The van der Waals surface area contributed by atoms with Gasteiger partial charge in [-0.1, -0.05) is 6.07 Å². The lowest BCUT2D eigenvalue weighted by Crippen LogP contribution is -3.00. The third-order valence-electron chi connectivity index (χ3n) is 2.79. The molecule has 1 aliphatic heterocycles. The first kappa shape index (κ1) is 12.9.